The molecule has 1 saturated heterocycles. The molecule has 2 heterocycles. The number of nitrogens with one attached hydrogen (secondary N) is 1. The van der Waals surface area contributed by atoms with Crippen molar-refractivity contribution in [1.29, 1.82) is 0 Å². The highest BCUT2D eigenvalue weighted by molar-refractivity contribution is 9.10. The van der Waals surface area contributed by atoms with E-state index in [-0.39, 0.29) is 5.91 Å². The van der Waals surface area contributed by atoms with Gasteiger partial charge in [-0.05, 0) is 30.7 Å². The van der Waals surface area contributed by atoms with Crippen molar-refractivity contribution >= 4 is 39.3 Å². The molecule has 1 fully saturated rings. The fraction of sp³-hybridized carbons (Fsp3) is 0.375. The van der Waals surface area contributed by atoms with Gasteiger partial charge in [0.15, 0.2) is 5.82 Å². The molecule has 1 aliphatic heterocycles. The predicted molar refractivity (Wildman–Crippen MR) is 96.5 cm³/mol. The van der Waals surface area contributed by atoms with E-state index in [9.17, 15) is 4.79 Å². The maximum atomic E-state index is 11.4. The molecule has 3 rings (SSSR count). The van der Waals surface area contributed by atoms with Crippen LogP contribution in [-0.2, 0) is 4.79 Å². The smallest absolute Gasteiger partial charge is 0.249 e. The summed E-state index contributed by atoms with van der Waals surface area (Å²) in [5.74, 6) is 1.34. The first-order valence-electron chi connectivity index (χ1n) is 7.76. The monoisotopic (exact) mass is 390 g/mol. The van der Waals surface area contributed by atoms with Gasteiger partial charge in [0, 0.05) is 43.3 Å². The Labute approximate surface area is 149 Å². The molecule has 1 aliphatic rings. The summed E-state index contributed by atoms with van der Waals surface area (Å²) in [5, 5.41) is 11.3. The molecule has 24 heavy (non-hydrogen) atoms. The Morgan fingerprint density at radius 1 is 1.25 bits per heavy atom. The fourth-order valence-electron chi connectivity index (χ4n) is 2.60. The Morgan fingerprint density at radius 3 is 2.67 bits per heavy atom. The minimum absolute atomic E-state index is 0.114. The van der Waals surface area contributed by atoms with E-state index in [1.54, 1.807) is 13.1 Å². The molecule has 1 aromatic heterocycles. The summed E-state index contributed by atoms with van der Waals surface area (Å²) >= 11 is 3.49. The third-order valence-electron chi connectivity index (χ3n) is 4.01. The van der Waals surface area contributed by atoms with E-state index in [1.807, 2.05) is 30.0 Å². The number of piperazine rings is 1. The van der Waals surface area contributed by atoms with E-state index >= 15 is 0 Å². The maximum absolute atomic E-state index is 11.4. The number of benzene rings is 1. The van der Waals surface area contributed by atoms with Crippen molar-refractivity contribution in [1.82, 2.24) is 20.1 Å². The Morgan fingerprint density at radius 2 is 2.00 bits per heavy atom. The van der Waals surface area contributed by atoms with Crippen LogP contribution in [0.1, 0.15) is 12.5 Å². The van der Waals surface area contributed by atoms with Gasteiger partial charge in [0.1, 0.15) is 0 Å². The molecule has 1 N–H and O–H groups in total. The molecule has 1 amide bonds. The molecule has 0 aliphatic carbocycles. The Balaban J connectivity index is 1.70. The van der Waals surface area contributed by atoms with Gasteiger partial charge in [0.05, 0.1) is 6.20 Å². The van der Waals surface area contributed by atoms with Gasteiger partial charge in [-0.2, -0.15) is 10.1 Å². The zero-order chi connectivity index (χ0) is 17.1. The second-order valence-corrected chi connectivity index (χ2v) is 6.57. The van der Waals surface area contributed by atoms with Crippen LogP contribution in [0, 0.1) is 6.92 Å². The highest BCUT2D eigenvalue weighted by atomic mass is 79.9. The molecular weight excluding hydrogens is 372 g/mol. The first kappa shape index (κ1) is 16.6. The van der Waals surface area contributed by atoms with E-state index in [1.165, 1.54) is 0 Å². The molecule has 0 atom stereocenters. The van der Waals surface area contributed by atoms with E-state index in [4.69, 9.17) is 0 Å². The van der Waals surface area contributed by atoms with Crippen LogP contribution in [-0.4, -0.2) is 52.2 Å². The van der Waals surface area contributed by atoms with Crippen molar-refractivity contribution in [3.8, 4) is 0 Å². The van der Waals surface area contributed by atoms with Crippen LogP contribution >= 0.6 is 15.9 Å². The lowest BCUT2D eigenvalue weighted by atomic mass is 10.2. The summed E-state index contributed by atoms with van der Waals surface area (Å²) in [6.07, 6.45) is 1.65. The van der Waals surface area contributed by atoms with Gasteiger partial charge in [-0.3, -0.25) is 4.79 Å². The highest BCUT2D eigenvalue weighted by Crippen LogP contribution is 2.22. The van der Waals surface area contributed by atoms with Gasteiger partial charge in [-0.25, -0.2) is 0 Å². The van der Waals surface area contributed by atoms with Crippen molar-refractivity contribution in [3.05, 3.63) is 34.4 Å². The summed E-state index contributed by atoms with van der Waals surface area (Å²) in [7, 11) is 0. The number of hydrogen-bond donors (Lipinski definition) is 1. The number of carbonyl (C=O) groups excluding carboxylic acids is 1. The third-order valence-corrected chi connectivity index (χ3v) is 4.90. The second-order valence-electron chi connectivity index (χ2n) is 5.72. The summed E-state index contributed by atoms with van der Waals surface area (Å²) in [5.41, 5.74) is 2.04. The first-order chi connectivity index (χ1) is 11.5. The number of aromatic nitrogens is 3. The standard InChI is InChI=1S/C16H19BrN6O/c1-11-9-13(3-4-14(11)17)19-16-20-15(10-18-21-16)23-7-5-22(6-8-23)12(2)24/h3-4,9-10H,5-8H2,1-2H3,(H,19,20,21). The molecule has 1 aromatic carbocycles. The number of rotatable bonds is 3. The fourth-order valence-corrected chi connectivity index (χ4v) is 2.85. The normalized spacial score (nSPS) is 14.6. The summed E-state index contributed by atoms with van der Waals surface area (Å²) < 4.78 is 1.06. The number of amides is 1. The van der Waals surface area contributed by atoms with Crippen LogP contribution in [0.5, 0.6) is 0 Å². The summed E-state index contributed by atoms with van der Waals surface area (Å²) in [6, 6.07) is 5.96. The van der Waals surface area contributed by atoms with Gasteiger partial charge >= 0.3 is 0 Å². The van der Waals surface area contributed by atoms with Crippen LogP contribution in [0.2, 0.25) is 0 Å². The molecule has 0 unspecified atom stereocenters. The van der Waals surface area contributed by atoms with Gasteiger partial charge in [-0.15, -0.1) is 5.10 Å². The van der Waals surface area contributed by atoms with Gasteiger partial charge in [-0.1, -0.05) is 15.9 Å². The average Bonchev–Trinajstić information content (AvgIpc) is 2.58. The van der Waals surface area contributed by atoms with Crippen molar-refractivity contribution < 1.29 is 4.79 Å². The van der Waals surface area contributed by atoms with Crippen LogP contribution < -0.4 is 10.2 Å². The van der Waals surface area contributed by atoms with E-state index in [0.29, 0.717) is 19.0 Å². The Bertz CT molecular complexity index is 745. The van der Waals surface area contributed by atoms with Crippen LogP contribution in [0.3, 0.4) is 0 Å². The molecule has 0 spiro atoms. The minimum atomic E-state index is 0.114. The molecule has 0 radical (unpaired) electrons. The lowest BCUT2D eigenvalue weighted by Gasteiger charge is -2.34. The second kappa shape index (κ2) is 7.12. The van der Waals surface area contributed by atoms with Gasteiger partial charge in [0.2, 0.25) is 11.9 Å². The maximum Gasteiger partial charge on any atom is 0.249 e. The topological polar surface area (TPSA) is 74.2 Å². The van der Waals surface area contributed by atoms with Crippen molar-refractivity contribution in [2.75, 3.05) is 36.4 Å². The average molecular weight is 391 g/mol. The quantitative estimate of drug-likeness (QED) is 0.866. The largest absolute Gasteiger partial charge is 0.352 e. The minimum Gasteiger partial charge on any atom is -0.352 e. The molecule has 0 saturated carbocycles. The van der Waals surface area contributed by atoms with Crippen LogP contribution in [0.25, 0.3) is 0 Å². The van der Waals surface area contributed by atoms with Crippen LogP contribution in [0.4, 0.5) is 17.5 Å². The molecule has 8 heteroatoms. The van der Waals surface area contributed by atoms with Crippen molar-refractivity contribution in [2.24, 2.45) is 0 Å². The molecule has 7 nitrogen and oxygen atoms in total. The zero-order valence-electron chi connectivity index (χ0n) is 13.7. The van der Waals surface area contributed by atoms with Gasteiger partial charge in [0.25, 0.3) is 0 Å². The number of aryl methyl sites for hydroxylation is 1. The number of carbonyl (C=O) groups is 1. The lowest BCUT2D eigenvalue weighted by molar-refractivity contribution is -0.129. The SMILES string of the molecule is CC(=O)N1CCN(c2cnnc(Nc3ccc(Br)c(C)c3)n2)CC1. The Hall–Kier alpha value is -2.22. The van der Waals surface area contributed by atoms with E-state index in [0.717, 1.165) is 34.6 Å². The predicted octanol–water partition coefficient (Wildman–Crippen LogP) is 2.35. The highest BCUT2D eigenvalue weighted by Gasteiger charge is 2.20. The van der Waals surface area contributed by atoms with Gasteiger partial charge < -0.3 is 15.1 Å². The summed E-state index contributed by atoms with van der Waals surface area (Å²) in [4.78, 5) is 19.9. The molecule has 2 aromatic rings. The summed E-state index contributed by atoms with van der Waals surface area (Å²) in [6.45, 7) is 6.52. The van der Waals surface area contributed by atoms with Crippen molar-refractivity contribution in [3.63, 3.8) is 0 Å². The lowest BCUT2D eigenvalue weighted by Crippen LogP contribution is -2.48. The number of anilines is 3. The number of hydrogen-bond acceptors (Lipinski definition) is 6. The van der Waals surface area contributed by atoms with Crippen LogP contribution in [0.15, 0.2) is 28.9 Å². The first-order valence-corrected chi connectivity index (χ1v) is 8.55. The van der Waals surface area contributed by atoms with Crippen molar-refractivity contribution in [2.45, 2.75) is 13.8 Å². The third kappa shape index (κ3) is 3.81. The van der Waals surface area contributed by atoms with E-state index < -0.39 is 0 Å². The molecule has 0 bridgehead atoms. The molecular formula is C16H19BrN6O. The molecule has 126 valence electrons. The Kier molecular flexibility index (Phi) is 4.94. The zero-order valence-corrected chi connectivity index (χ0v) is 15.2. The van der Waals surface area contributed by atoms with E-state index in [2.05, 4.69) is 41.3 Å². The number of halogens is 1. The number of nitrogens with zero attached hydrogens (tertiary/aromatic N) is 5.